The predicted octanol–water partition coefficient (Wildman–Crippen LogP) is 0.251. The highest BCUT2D eigenvalue weighted by Gasteiger charge is 2.30. The molecule has 1 amide bonds. The lowest BCUT2D eigenvalue weighted by Gasteiger charge is -2.28. The molecule has 0 bridgehead atoms. The zero-order valence-corrected chi connectivity index (χ0v) is 9.00. The summed E-state index contributed by atoms with van der Waals surface area (Å²) in [5.74, 6) is -0.129. The maximum atomic E-state index is 11.6. The van der Waals surface area contributed by atoms with Crippen molar-refractivity contribution < 1.29 is 14.6 Å². The summed E-state index contributed by atoms with van der Waals surface area (Å²) in [7, 11) is 3.14. The Hall–Kier alpha value is -0.610. The Morgan fingerprint density at radius 2 is 2.08 bits per heavy atom. The summed E-state index contributed by atoms with van der Waals surface area (Å²) in [5.41, 5.74) is -0.816. The molecule has 0 saturated heterocycles. The molecule has 4 heteroatoms. The number of likely N-dealkylation sites (N-methyl/N-ethyl adjacent to an activating group) is 1. The van der Waals surface area contributed by atoms with Gasteiger partial charge in [0.1, 0.15) is 5.60 Å². The molecule has 0 aromatic heterocycles. The minimum absolute atomic E-state index is 0.129. The van der Waals surface area contributed by atoms with Gasteiger partial charge in [-0.2, -0.15) is 0 Å². The van der Waals surface area contributed by atoms with Crippen LogP contribution in [0.1, 0.15) is 20.8 Å². The van der Waals surface area contributed by atoms with E-state index < -0.39 is 11.7 Å². The SMILES string of the molecule is COC(C)(C)C(=O)N(C)CC(C)O. The van der Waals surface area contributed by atoms with E-state index in [1.807, 2.05) is 0 Å². The smallest absolute Gasteiger partial charge is 0.254 e. The number of methoxy groups -OCH3 is 1. The Labute approximate surface area is 79.5 Å². The first-order valence-corrected chi connectivity index (χ1v) is 4.30. The van der Waals surface area contributed by atoms with Gasteiger partial charge in [-0.3, -0.25) is 4.79 Å². The zero-order chi connectivity index (χ0) is 10.6. The molecule has 0 rings (SSSR count). The van der Waals surface area contributed by atoms with Gasteiger partial charge in [0.05, 0.1) is 6.10 Å². The molecule has 0 aliphatic rings. The van der Waals surface area contributed by atoms with Crippen LogP contribution in [0.2, 0.25) is 0 Å². The van der Waals surface area contributed by atoms with Gasteiger partial charge < -0.3 is 14.7 Å². The van der Waals surface area contributed by atoms with E-state index in [1.54, 1.807) is 27.8 Å². The molecule has 0 saturated carbocycles. The van der Waals surface area contributed by atoms with Crippen LogP contribution in [0, 0.1) is 0 Å². The van der Waals surface area contributed by atoms with E-state index in [2.05, 4.69) is 0 Å². The Kier molecular flexibility index (Phi) is 4.36. The Bertz CT molecular complexity index is 178. The number of hydrogen-bond acceptors (Lipinski definition) is 3. The molecule has 13 heavy (non-hydrogen) atoms. The molecule has 0 aliphatic heterocycles. The fraction of sp³-hybridized carbons (Fsp3) is 0.889. The summed E-state index contributed by atoms with van der Waals surface area (Å²) < 4.78 is 5.03. The lowest BCUT2D eigenvalue weighted by atomic mass is 10.1. The molecule has 1 N–H and O–H groups in total. The van der Waals surface area contributed by atoms with Crippen molar-refractivity contribution in [2.45, 2.75) is 32.5 Å². The average Bonchev–Trinajstić information content (AvgIpc) is 2.01. The Balaban J connectivity index is 4.25. The predicted molar refractivity (Wildman–Crippen MR) is 50.4 cm³/mol. The Morgan fingerprint density at radius 1 is 1.62 bits per heavy atom. The maximum absolute atomic E-state index is 11.6. The Morgan fingerprint density at radius 3 is 2.38 bits per heavy atom. The van der Waals surface area contributed by atoms with E-state index in [0.717, 1.165) is 0 Å². The minimum atomic E-state index is -0.816. The third-order valence-corrected chi connectivity index (χ3v) is 1.91. The van der Waals surface area contributed by atoms with Crippen molar-refractivity contribution in [3.63, 3.8) is 0 Å². The van der Waals surface area contributed by atoms with E-state index in [0.29, 0.717) is 6.54 Å². The second kappa shape index (κ2) is 4.58. The van der Waals surface area contributed by atoms with Gasteiger partial charge in [0.15, 0.2) is 0 Å². The van der Waals surface area contributed by atoms with Crippen LogP contribution in [0.25, 0.3) is 0 Å². The van der Waals surface area contributed by atoms with Crippen molar-refractivity contribution in [1.82, 2.24) is 4.90 Å². The number of hydrogen-bond donors (Lipinski definition) is 1. The number of ether oxygens (including phenoxy) is 1. The summed E-state index contributed by atoms with van der Waals surface area (Å²) >= 11 is 0. The van der Waals surface area contributed by atoms with Crippen molar-refractivity contribution >= 4 is 5.91 Å². The fourth-order valence-electron chi connectivity index (χ4n) is 1.03. The monoisotopic (exact) mass is 189 g/mol. The maximum Gasteiger partial charge on any atom is 0.254 e. The molecular weight excluding hydrogens is 170 g/mol. The molecule has 78 valence electrons. The van der Waals surface area contributed by atoms with Crippen LogP contribution in [0.3, 0.4) is 0 Å². The van der Waals surface area contributed by atoms with Gasteiger partial charge in [0.2, 0.25) is 0 Å². The lowest BCUT2D eigenvalue weighted by molar-refractivity contribution is -0.150. The highest BCUT2D eigenvalue weighted by Crippen LogP contribution is 2.11. The second-order valence-electron chi connectivity index (χ2n) is 3.75. The summed E-state index contributed by atoms with van der Waals surface area (Å²) in [6.45, 7) is 5.37. The van der Waals surface area contributed by atoms with E-state index in [4.69, 9.17) is 9.84 Å². The molecule has 0 aromatic rings. The van der Waals surface area contributed by atoms with E-state index >= 15 is 0 Å². The van der Waals surface area contributed by atoms with Gasteiger partial charge in [0.25, 0.3) is 5.91 Å². The highest BCUT2D eigenvalue weighted by atomic mass is 16.5. The fourth-order valence-corrected chi connectivity index (χ4v) is 1.03. The summed E-state index contributed by atoms with van der Waals surface area (Å²) in [6, 6.07) is 0. The molecule has 0 aliphatic carbocycles. The largest absolute Gasteiger partial charge is 0.392 e. The van der Waals surface area contributed by atoms with Gasteiger partial charge in [-0.15, -0.1) is 0 Å². The molecule has 4 nitrogen and oxygen atoms in total. The summed E-state index contributed by atoms with van der Waals surface area (Å²) in [4.78, 5) is 13.1. The van der Waals surface area contributed by atoms with Crippen LogP contribution in [0.15, 0.2) is 0 Å². The molecule has 0 heterocycles. The lowest BCUT2D eigenvalue weighted by Crippen LogP contribution is -2.46. The van der Waals surface area contributed by atoms with Crippen molar-refractivity contribution in [2.75, 3.05) is 20.7 Å². The number of rotatable bonds is 4. The minimum Gasteiger partial charge on any atom is -0.392 e. The molecule has 1 atom stereocenters. The topological polar surface area (TPSA) is 49.8 Å². The van der Waals surface area contributed by atoms with E-state index in [1.165, 1.54) is 12.0 Å². The molecular formula is C9H19NO3. The number of aliphatic hydroxyl groups is 1. The first-order valence-electron chi connectivity index (χ1n) is 4.30. The molecule has 0 fully saturated rings. The zero-order valence-electron chi connectivity index (χ0n) is 9.00. The van der Waals surface area contributed by atoms with E-state index in [-0.39, 0.29) is 5.91 Å². The van der Waals surface area contributed by atoms with Crippen LogP contribution in [0.5, 0.6) is 0 Å². The van der Waals surface area contributed by atoms with Crippen LogP contribution < -0.4 is 0 Å². The normalized spacial score (nSPS) is 14.0. The number of aliphatic hydroxyl groups excluding tert-OH is 1. The highest BCUT2D eigenvalue weighted by molar-refractivity contribution is 5.84. The van der Waals surface area contributed by atoms with Gasteiger partial charge in [-0.05, 0) is 20.8 Å². The first kappa shape index (κ1) is 12.4. The van der Waals surface area contributed by atoms with Crippen LogP contribution >= 0.6 is 0 Å². The molecule has 0 radical (unpaired) electrons. The van der Waals surface area contributed by atoms with E-state index in [9.17, 15) is 4.79 Å². The van der Waals surface area contributed by atoms with Gasteiger partial charge in [0, 0.05) is 20.7 Å². The van der Waals surface area contributed by atoms with Crippen LogP contribution in [-0.2, 0) is 9.53 Å². The van der Waals surface area contributed by atoms with Crippen molar-refractivity contribution in [2.24, 2.45) is 0 Å². The average molecular weight is 189 g/mol. The molecule has 0 spiro atoms. The quantitative estimate of drug-likeness (QED) is 0.689. The summed E-state index contributed by atoms with van der Waals surface area (Å²) in [5, 5.41) is 9.08. The number of carbonyl (C=O) groups excluding carboxylic acids is 1. The standard InChI is InChI=1S/C9H19NO3/c1-7(11)6-10(4)8(12)9(2,3)13-5/h7,11H,6H2,1-5H3. The van der Waals surface area contributed by atoms with Crippen molar-refractivity contribution in [3.05, 3.63) is 0 Å². The molecule has 0 aromatic carbocycles. The summed E-state index contributed by atoms with van der Waals surface area (Å²) in [6.07, 6.45) is -0.512. The van der Waals surface area contributed by atoms with Gasteiger partial charge >= 0.3 is 0 Å². The second-order valence-corrected chi connectivity index (χ2v) is 3.75. The number of nitrogens with zero attached hydrogens (tertiary/aromatic N) is 1. The van der Waals surface area contributed by atoms with Crippen molar-refractivity contribution in [3.8, 4) is 0 Å². The third kappa shape index (κ3) is 3.74. The van der Waals surface area contributed by atoms with Crippen molar-refractivity contribution in [1.29, 1.82) is 0 Å². The van der Waals surface area contributed by atoms with Gasteiger partial charge in [-0.25, -0.2) is 0 Å². The molecule has 1 unspecified atom stereocenters. The number of amides is 1. The van der Waals surface area contributed by atoms with Crippen LogP contribution in [-0.4, -0.2) is 48.3 Å². The third-order valence-electron chi connectivity index (χ3n) is 1.91. The van der Waals surface area contributed by atoms with Crippen LogP contribution in [0.4, 0.5) is 0 Å². The first-order chi connectivity index (χ1) is 5.81. The van der Waals surface area contributed by atoms with Gasteiger partial charge in [-0.1, -0.05) is 0 Å². The number of carbonyl (C=O) groups is 1.